The quantitative estimate of drug-likeness (QED) is 0.240. The Morgan fingerprint density at radius 3 is 2.90 bits per heavy atom. The van der Waals surface area contributed by atoms with Crippen LogP contribution < -0.4 is 16.6 Å². The summed E-state index contributed by atoms with van der Waals surface area (Å²) in [6.07, 6.45) is 2.99. The van der Waals surface area contributed by atoms with Crippen LogP contribution in [0.15, 0.2) is 35.5 Å². The highest BCUT2D eigenvalue weighted by molar-refractivity contribution is 5.87. The molecule has 0 fully saturated rings. The number of phenols is 1. The molecule has 160 valence electrons. The fourth-order valence-corrected chi connectivity index (χ4v) is 3.38. The first-order valence-corrected chi connectivity index (χ1v) is 9.33. The Morgan fingerprint density at radius 2 is 2.13 bits per heavy atom. The number of hydrogen-bond acceptors (Lipinski definition) is 7. The molecule has 0 aliphatic rings. The summed E-state index contributed by atoms with van der Waals surface area (Å²) in [4.78, 5) is 49.3. The Balaban J connectivity index is 1.45. The van der Waals surface area contributed by atoms with Crippen LogP contribution in [0.4, 0.5) is 5.95 Å². The fraction of sp³-hybridized carbons (Fsp3) is 0.211. The standard InChI is InChI=1S/C19H19N7O5/c20-19-24-16-15(17(29)25-19)22-8-26(16)4-3-14(28)23-13(18(30)31)5-9-7-21-12-2-1-10(27)6-11(9)12/h1-2,6-8,13,21,27H,3-5H2,(H,23,28)(H,30,31)(H3,20,24,25,29). The maximum Gasteiger partial charge on any atom is 0.326 e. The number of aromatic amines is 2. The van der Waals surface area contributed by atoms with E-state index in [-0.39, 0.29) is 42.2 Å². The maximum atomic E-state index is 12.4. The molecule has 1 atom stereocenters. The number of carboxylic acid groups (broad SMARTS) is 1. The number of nitrogens with two attached hydrogens (primary N) is 1. The number of aryl methyl sites for hydroxylation is 1. The zero-order chi connectivity index (χ0) is 22.1. The van der Waals surface area contributed by atoms with Crippen molar-refractivity contribution in [3.05, 3.63) is 46.6 Å². The first kappa shape index (κ1) is 19.9. The van der Waals surface area contributed by atoms with Gasteiger partial charge in [0.1, 0.15) is 11.8 Å². The zero-order valence-corrected chi connectivity index (χ0v) is 16.1. The molecule has 0 spiro atoms. The smallest absolute Gasteiger partial charge is 0.326 e. The molecule has 3 heterocycles. The Hall–Kier alpha value is -4.35. The summed E-state index contributed by atoms with van der Waals surface area (Å²) >= 11 is 0. The number of aromatic hydroxyl groups is 1. The average Bonchev–Trinajstić information content (AvgIpc) is 3.30. The Morgan fingerprint density at radius 1 is 1.32 bits per heavy atom. The number of amides is 1. The number of nitrogen functional groups attached to an aromatic ring is 1. The van der Waals surface area contributed by atoms with Crippen molar-refractivity contribution in [3.8, 4) is 5.75 Å². The number of benzene rings is 1. The van der Waals surface area contributed by atoms with Crippen LogP contribution in [0.3, 0.4) is 0 Å². The van der Waals surface area contributed by atoms with Gasteiger partial charge in [-0.3, -0.25) is 14.6 Å². The second kappa shape index (κ2) is 7.82. The molecule has 1 amide bonds. The van der Waals surface area contributed by atoms with Gasteiger partial charge < -0.3 is 30.8 Å². The van der Waals surface area contributed by atoms with E-state index in [9.17, 15) is 24.6 Å². The first-order valence-electron chi connectivity index (χ1n) is 9.33. The lowest BCUT2D eigenvalue weighted by atomic mass is 10.0. The zero-order valence-electron chi connectivity index (χ0n) is 16.1. The minimum absolute atomic E-state index is 0.0337. The topological polar surface area (TPSA) is 192 Å². The Labute approximate surface area is 173 Å². The summed E-state index contributed by atoms with van der Waals surface area (Å²) in [6, 6.07) is 3.58. The van der Waals surface area contributed by atoms with Crippen LogP contribution in [0.5, 0.6) is 5.75 Å². The van der Waals surface area contributed by atoms with Crippen LogP contribution in [-0.4, -0.2) is 52.6 Å². The highest BCUT2D eigenvalue weighted by atomic mass is 16.4. The van der Waals surface area contributed by atoms with Crippen molar-refractivity contribution < 1.29 is 19.8 Å². The van der Waals surface area contributed by atoms with E-state index in [0.717, 1.165) is 5.52 Å². The number of rotatable bonds is 7. The molecule has 1 aromatic carbocycles. The van der Waals surface area contributed by atoms with Crippen LogP contribution in [0.1, 0.15) is 12.0 Å². The van der Waals surface area contributed by atoms with E-state index < -0.39 is 23.5 Å². The van der Waals surface area contributed by atoms with Crippen LogP contribution in [0, 0.1) is 0 Å². The summed E-state index contributed by atoms with van der Waals surface area (Å²) in [6.45, 7) is 0.130. The van der Waals surface area contributed by atoms with Crippen molar-refractivity contribution in [3.63, 3.8) is 0 Å². The molecule has 3 aromatic heterocycles. The molecular formula is C19H19N7O5. The van der Waals surface area contributed by atoms with Gasteiger partial charge in [0, 0.05) is 36.5 Å². The molecule has 0 aliphatic carbocycles. The minimum Gasteiger partial charge on any atom is -0.508 e. The van der Waals surface area contributed by atoms with Gasteiger partial charge in [0.25, 0.3) is 5.56 Å². The molecule has 4 rings (SSSR count). The SMILES string of the molecule is Nc1nc2c(ncn2CCC(=O)NC(Cc2c[nH]c3ccc(O)cc23)C(=O)O)c(=O)[nH]1. The molecule has 12 heteroatoms. The number of fused-ring (bicyclic) bond motifs is 2. The van der Waals surface area contributed by atoms with Crippen molar-refractivity contribution in [1.82, 2.24) is 29.8 Å². The normalized spacial score (nSPS) is 12.3. The molecule has 0 saturated heterocycles. The molecule has 0 aliphatic heterocycles. The highest BCUT2D eigenvalue weighted by Gasteiger charge is 2.22. The van der Waals surface area contributed by atoms with Crippen molar-refractivity contribution in [2.75, 3.05) is 5.73 Å². The molecule has 12 nitrogen and oxygen atoms in total. The lowest BCUT2D eigenvalue weighted by molar-refractivity contribution is -0.141. The van der Waals surface area contributed by atoms with E-state index in [1.165, 1.54) is 23.0 Å². The molecule has 31 heavy (non-hydrogen) atoms. The van der Waals surface area contributed by atoms with E-state index in [1.54, 1.807) is 12.3 Å². The lowest BCUT2D eigenvalue weighted by Crippen LogP contribution is -2.42. The summed E-state index contributed by atoms with van der Waals surface area (Å²) in [5, 5.41) is 22.4. The first-order chi connectivity index (χ1) is 14.8. The number of H-pyrrole nitrogens is 2. The van der Waals surface area contributed by atoms with E-state index >= 15 is 0 Å². The van der Waals surface area contributed by atoms with E-state index in [4.69, 9.17) is 5.73 Å². The minimum atomic E-state index is -1.18. The van der Waals surface area contributed by atoms with Gasteiger partial charge in [-0.05, 0) is 23.8 Å². The summed E-state index contributed by atoms with van der Waals surface area (Å²) in [5.41, 5.74) is 6.80. The molecule has 7 N–H and O–H groups in total. The van der Waals surface area contributed by atoms with Crippen LogP contribution in [-0.2, 0) is 22.6 Å². The van der Waals surface area contributed by atoms with Crippen molar-refractivity contribution in [1.29, 1.82) is 0 Å². The van der Waals surface area contributed by atoms with Crippen molar-refractivity contribution in [2.24, 2.45) is 0 Å². The maximum absolute atomic E-state index is 12.4. The highest BCUT2D eigenvalue weighted by Crippen LogP contribution is 2.24. The fourth-order valence-electron chi connectivity index (χ4n) is 3.38. The lowest BCUT2D eigenvalue weighted by Gasteiger charge is -2.14. The van der Waals surface area contributed by atoms with E-state index in [0.29, 0.717) is 10.9 Å². The molecule has 1 unspecified atom stereocenters. The second-order valence-corrected chi connectivity index (χ2v) is 7.02. The van der Waals surface area contributed by atoms with Crippen LogP contribution in [0.25, 0.3) is 22.1 Å². The number of hydrogen-bond donors (Lipinski definition) is 6. The third-order valence-electron chi connectivity index (χ3n) is 4.88. The number of nitrogens with zero attached hydrogens (tertiary/aromatic N) is 3. The van der Waals surface area contributed by atoms with Gasteiger partial charge in [0.2, 0.25) is 11.9 Å². The summed E-state index contributed by atoms with van der Waals surface area (Å²) in [7, 11) is 0. The number of anilines is 1. The third kappa shape index (κ3) is 4.03. The second-order valence-electron chi connectivity index (χ2n) is 7.02. The van der Waals surface area contributed by atoms with Gasteiger partial charge in [-0.1, -0.05) is 0 Å². The van der Waals surface area contributed by atoms with Gasteiger partial charge in [0.05, 0.1) is 6.33 Å². The number of aliphatic carboxylic acids is 1. The number of carboxylic acids is 1. The number of carbonyl (C=O) groups is 2. The Kier molecular flexibility index (Phi) is 5.03. The van der Waals surface area contributed by atoms with Gasteiger partial charge in [0.15, 0.2) is 11.2 Å². The number of phenolic OH excluding ortho intramolecular Hbond substituents is 1. The monoisotopic (exact) mass is 425 g/mol. The number of imidazole rings is 1. The van der Waals surface area contributed by atoms with E-state index in [2.05, 4.69) is 25.3 Å². The number of carbonyl (C=O) groups excluding carboxylic acids is 1. The van der Waals surface area contributed by atoms with Gasteiger partial charge in [-0.15, -0.1) is 0 Å². The predicted octanol–water partition coefficient (Wildman–Crippen LogP) is 0.0909. The average molecular weight is 425 g/mol. The van der Waals surface area contributed by atoms with Gasteiger partial charge in [-0.25, -0.2) is 9.78 Å². The summed E-state index contributed by atoms with van der Waals surface area (Å²) in [5.74, 6) is -1.68. The Bertz CT molecular complexity index is 1350. The third-order valence-corrected chi connectivity index (χ3v) is 4.88. The van der Waals surface area contributed by atoms with Crippen LogP contribution >= 0.6 is 0 Å². The molecule has 0 radical (unpaired) electrons. The van der Waals surface area contributed by atoms with E-state index in [1.807, 2.05) is 0 Å². The number of nitrogens with one attached hydrogen (secondary N) is 3. The summed E-state index contributed by atoms with van der Waals surface area (Å²) < 4.78 is 1.50. The predicted molar refractivity (Wildman–Crippen MR) is 110 cm³/mol. The largest absolute Gasteiger partial charge is 0.508 e. The van der Waals surface area contributed by atoms with Crippen molar-refractivity contribution in [2.45, 2.75) is 25.4 Å². The molecule has 0 saturated carbocycles. The number of aromatic nitrogens is 5. The van der Waals surface area contributed by atoms with Crippen LogP contribution in [0.2, 0.25) is 0 Å². The van der Waals surface area contributed by atoms with Gasteiger partial charge in [-0.2, -0.15) is 4.98 Å². The van der Waals surface area contributed by atoms with Crippen molar-refractivity contribution >= 4 is 39.9 Å². The molecular weight excluding hydrogens is 406 g/mol. The molecule has 4 aromatic rings. The van der Waals surface area contributed by atoms with Gasteiger partial charge >= 0.3 is 5.97 Å². The molecule has 0 bridgehead atoms.